The fourth-order valence-corrected chi connectivity index (χ4v) is 6.82. The first-order valence-corrected chi connectivity index (χ1v) is 17.7. The molecule has 0 saturated carbocycles. The molecule has 2 aromatic heterocycles. The molecule has 9 rings (SSSR count). The van der Waals surface area contributed by atoms with Crippen molar-refractivity contribution < 1.29 is 0 Å². The van der Waals surface area contributed by atoms with E-state index in [-0.39, 0.29) is 0 Å². The van der Waals surface area contributed by atoms with Crippen LogP contribution in [0.5, 0.6) is 0 Å². The van der Waals surface area contributed by atoms with Gasteiger partial charge in [-0.3, -0.25) is 0 Å². The molecule has 0 aliphatic carbocycles. The Balaban J connectivity index is 1.31. The van der Waals surface area contributed by atoms with Gasteiger partial charge in [-0.25, -0.2) is 24.9 Å². The Morgan fingerprint density at radius 2 is 0.796 bits per heavy atom. The fraction of sp³-hybridized carbons (Fsp3) is 0. The van der Waals surface area contributed by atoms with E-state index in [1.807, 2.05) is 152 Å². The number of rotatable bonds is 7. The van der Waals surface area contributed by atoms with Gasteiger partial charge >= 0.3 is 0 Å². The maximum absolute atomic E-state index is 10.2. The summed E-state index contributed by atoms with van der Waals surface area (Å²) in [5, 5.41) is 11.2. The summed E-state index contributed by atoms with van der Waals surface area (Å²) < 4.78 is 0. The van der Waals surface area contributed by atoms with E-state index in [9.17, 15) is 5.26 Å². The SMILES string of the molecule is N#Cc1ccccc1-c1ccc(-c2nc(-c3ccccc3)nc(-c3ccccc3)n2)cc1-c1ccccc1-c1nc(-c2ccccc2)nc2ccccc12. The minimum absolute atomic E-state index is 0.542. The molecule has 252 valence electrons. The topological polar surface area (TPSA) is 88.2 Å². The summed E-state index contributed by atoms with van der Waals surface area (Å²) in [6.45, 7) is 0. The van der Waals surface area contributed by atoms with Gasteiger partial charge in [-0.2, -0.15) is 5.26 Å². The second kappa shape index (κ2) is 14.2. The number of fused-ring (bicyclic) bond motifs is 1. The number of hydrogen-bond acceptors (Lipinski definition) is 6. The number of aromatic nitrogens is 5. The fourth-order valence-electron chi connectivity index (χ4n) is 6.82. The van der Waals surface area contributed by atoms with Crippen molar-refractivity contribution in [2.24, 2.45) is 0 Å². The van der Waals surface area contributed by atoms with E-state index in [0.717, 1.165) is 66.7 Å². The molecule has 7 aromatic carbocycles. The van der Waals surface area contributed by atoms with Crippen LogP contribution in [0.25, 0.3) is 90.0 Å². The van der Waals surface area contributed by atoms with Crippen molar-refractivity contribution in [3.8, 4) is 85.1 Å². The van der Waals surface area contributed by atoms with Crippen LogP contribution in [0.2, 0.25) is 0 Å². The summed E-state index contributed by atoms with van der Waals surface area (Å²) in [5.74, 6) is 2.36. The van der Waals surface area contributed by atoms with Gasteiger partial charge in [-0.15, -0.1) is 0 Å². The summed E-state index contributed by atoms with van der Waals surface area (Å²) in [5.41, 5.74) is 10.3. The first-order valence-electron chi connectivity index (χ1n) is 17.7. The molecule has 0 saturated heterocycles. The van der Waals surface area contributed by atoms with Crippen LogP contribution in [0.15, 0.2) is 182 Å². The highest BCUT2D eigenvalue weighted by Gasteiger charge is 2.21. The van der Waals surface area contributed by atoms with E-state index in [1.165, 1.54) is 0 Å². The molecule has 0 fully saturated rings. The Morgan fingerprint density at radius 1 is 0.333 bits per heavy atom. The van der Waals surface area contributed by atoms with Crippen molar-refractivity contribution in [3.05, 3.63) is 188 Å². The molecule has 0 atom stereocenters. The third-order valence-corrected chi connectivity index (χ3v) is 9.42. The Labute approximate surface area is 312 Å². The molecule has 0 unspecified atom stereocenters. The number of nitrogens with zero attached hydrogens (tertiary/aromatic N) is 6. The highest BCUT2D eigenvalue weighted by molar-refractivity contribution is 6.01. The molecule has 54 heavy (non-hydrogen) atoms. The van der Waals surface area contributed by atoms with Crippen LogP contribution in [0.1, 0.15) is 5.56 Å². The Kier molecular flexibility index (Phi) is 8.48. The summed E-state index contributed by atoms with van der Waals surface area (Å²) >= 11 is 0. The molecular weight excluding hydrogens is 661 g/mol. The zero-order valence-electron chi connectivity index (χ0n) is 29.0. The molecule has 0 aliphatic heterocycles. The number of benzene rings is 7. The molecule has 0 radical (unpaired) electrons. The predicted octanol–water partition coefficient (Wildman–Crippen LogP) is 11.4. The van der Waals surface area contributed by atoms with Crippen LogP contribution in [0.4, 0.5) is 0 Å². The zero-order valence-corrected chi connectivity index (χ0v) is 29.0. The first-order chi connectivity index (χ1) is 26.7. The standard InChI is InChI=1S/C48H30N6/c49-31-36-22-10-11-23-37(36)39-29-28-35(48-53-46(33-18-6-2-7-19-33)52-47(54-48)34-20-8-3-9-21-34)30-42(39)38-24-12-13-25-40(38)44-41-26-14-15-27-43(41)50-45(51-44)32-16-4-1-5-17-32/h1-30H. The molecule has 0 amide bonds. The lowest BCUT2D eigenvalue weighted by Crippen LogP contribution is -2.01. The molecule has 0 aliphatic rings. The maximum Gasteiger partial charge on any atom is 0.164 e. The van der Waals surface area contributed by atoms with Crippen molar-refractivity contribution in [2.75, 3.05) is 0 Å². The van der Waals surface area contributed by atoms with E-state index < -0.39 is 0 Å². The lowest BCUT2D eigenvalue weighted by Gasteiger charge is -2.18. The summed E-state index contributed by atoms with van der Waals surface area (Å²) in [6.07, 6.45) is 0. The van der Waals surface area contributed by atoms with E-state index in [4.69, 9.17) is 24.9 Å². The Hall–Kier alpha value is -7.62. The first kappa shape index (κ1) is 32.3. The third kappa shape index (κ3) is 6.17. The van der Waals surface area contributed by atoms with Crippen molar-refractivity contribution in [2.45, 2.75) is 0 Å². The minimum Gasteiger partial charge on any atom is -0.228 e. The summed E-state index contributed by atoms with van der Waals surface area (Å²) in [6, 6.07) is 62.7. The van der Waals surface area contributed by atoms with Gasteiger partial charge in [0, 0.05) is 38.8 Å². The van der Waals surface area contributed by atoms with Crippen molar-refractivity contribution in [1.82, 2.24) is 24.9 Å². The second-order valence-electron chi connectivity index (χ2n) is 12.8. The summed E-state index contributed by atoms with van der Waals surface area (Å²) in [4.78, 5) is 25.2. The van der Waals surface area contributed by atoms with E-state index in [0.29, 0.717) is 28.9 Å². The average molecular weight is 691 g/mol. The number of para-hydroxylation sites is 1. The van der Waals surface area contributed by atoms with Gasteiger partial charge in [0.05, 0.1) is 22.8 Å². The monoisotopic (exact) mass is 690 g/mol. The van der Waals surface area contributed by atoms with Gasteiger partial charge < -0.3 is 0 Å². The number of hydrogen-bond donors (Lipinski definition) is 0. The maximum atomic E-state index is 10.2. The average Bonchev–Trinajstić information content (AvgIpc) is 3.26. The van der Waals surface area contributed by atoms with Gasteiger partial charge in [0.2, 0.25) is 0 Å². The molecule has 0 N–H and O–H groups in total. The Bertz CT molecular complexity index is 2770. The smallest absolute Gasteiger partial charge is 0.164 e. The van der Waals surface area contributed by atoms with Crippen molar-refractivity contribution in [1.29, 1.82) is 5.26 Å². The van der Waals surface area contributed by atoms with Crippen LogP contribution in [-0.2, 0) is 0 Å². The van der Waals surface area contributed by atoms with Crippen LogP contribution in [-0.4, -0.2) is 24.9 Å². The van der Waals surface area contributed by atoms with Gasteiger partial charge in [0.1, 0.15) is 0 Å². The predicted molar refractivity (Wildman–Crippen MR) is 216 cm³/mol. The largest absolute Gasteiger partial charge is 0.228 e. The lowest BCUT2D eigenvalue weighted by molar-refractivity contribution is 1.07. The third-order valence-electron chi connectivity index (χ3n) is 9.42. The molecule has 6 heteroatoms. The highest BCUT2D eigenvalue weighted by atomic mass is 15.0. The minimum atomic E-state index is 0.542. The van der Waals surface area contributed by atoms with Crippen LogP contribution >= 0.6 is 0 Å². The van der Waals surface area contributed by atoms with E-state index in [2.05, 4.69) is 36.4 Å². The van der Waals surface area contributed by atoms with Crippen LogP contribution in [0, 0.1) is 11.3 Å². The van der Waals surface area contributed by atoms with Gasteiger partial charge in [0.25, 0.3) is 0 Å². The number of nitriles is 1. The van der Waals surface area contributed by atoms with Crippen molar-refractivity contribution >= 4 is 10.9 Å². The van der Waals surface area contributed by atoms with Gasteiger partial charge in [0.15, 0.2) is 23.3 Å². The highest BCUT2D eigenvalue weighted by Crippen LogP contribution is 2.42. The van der Waals surface area contributed by atoms with E-state index in [1.54, 1.807) is 0 Å². The molecule has 6 nitrogen and oxygen atoms in total. The normalized spacial score (nSPS) is 10.9. The van der Waals surface area contributed by atoms with Gasteiger partial charge in [-0.05, 0) is 34.9 Å². The van der Waals surface area contributed by atoms with Crippen LogP contribution < -0.4 is 0 Å². The molecular formula is C48H30N6. The zero-order chi connectivity index (χ0) is 36.3. The molecule has 0 bridgehead atoms. The lowest BCUT2D eigenvalue weighted by atomic mass is 9.87. The Morgan fingerprint density at radius 3 is 1.41 bits per heavy atom. The van der Waals surface area contributed by atoms with Crippen LogP contribution in [0.3, 0.4) is 0 Å². The molecule has 0 spiro atoms. The molecule has 2 heterocycles. The molecule has 9 aromatic rings. The summed E-state index contributed by atoms with van der Waals surface area (Å²) in [7, 11) is 0. The van der Waals surface area contributed by atoms with Crippen molar-refractivity contribution in [3.63, 3.8) is 0 Å². The van der Waals surface area contributed by atoms with Gasteiger partial charge in [-0.1, -0.05) is 164 Å². The van der Waals surface area contributed by atoms with E-state index >= 15 is 0 Å². The second-order valence-corrected chi connectivity index (χ2v) is 12.8. The quantitative estimate of drug-likeness (QED) is 0.165.